The summed E-state index contributed by atoms with van der Waals surface area (Å²) in [6.45, 7) is 1.88. The van der Waals surface area contributed by atoms with Crippen molar-refractivity contribution in [1.82, 2.24) is 0 Å². The van der Waals surface area contributed by atoms with Crippen molar-refractivity contribution in [3.63, 3.8) is 0 Å². The van der Waals surface area contributed by atoms with Gasteiger partial charge in [0, 0.05) is 16.2 Å². The van der Waals surface area contributed by atoms with Crippen molar-refractivity contribution in [1.29, 1.82) is 0 Å². The predicted octanol–water partition coefficient (Wildman–Crippen LogP) is 4.25. The van der Waals surface area contributed by atoms with E-state index in [0.29, 0.717) is 10.2 Å². The first-order valence-corrected chi connectivity index (χ1v) is 7.14. The molecule has 0 bridgehead atoms. The van der Waals surface area contributed by atoms with Gasteiger partial charge in [-0.1, -0.05) is 18.2 Å². The lowest BCUT2D eigenvalue weighted by atomic mass is 10.1. The molecule has 0 aliphatic heterocycles. The maximum atomic E-state index is 13.6. The lowest BCUT2D eigenvalue weighted by Gasteiger charge is -2.11. The van der Waals surface area contributed by atoms with Crippen molar-refractivity contribution in [3.05, 3.63) is 58.3 Å². The summed E-state index contributed by atoms with van der Waals surface area (Å²) in [6, 6.07) is 11.0. The van der Waals surface area contributed by atoms with Crippen LogP contribution >= 0.6 is 15.9 Å². The second kappa shape index (κ2) is 6.69. The number of hydrogen-bond acceptors (Lipinski definition) is 2. The minimum Gasteiger partial charge on any atom is -0.324 e. The van der Waals surface area contributed by atoms with Crippen LogP contribution in [0.3, 0.4) is 0 Å². The SMILES string of the molecule is CC(N)c1ccc(NC(=O)Nc2c(F)cccc2Br)cc1. The molecule has 4 N–H and O–H groups in total. The Balaban J connectivity index is 2.05. The van der Waals surface area contributed by atoms with Crippen LogP contribution in [0.15, 0.2) is 46.9 Å². The van der Waals surface area contributed by atoms with Crippen LogP contribution in [0.1, 0.15) is 18.5 Å². The molecule has 0 aliphatic rings. The molecule has 6 heteroatoms. The summed E-state index contributed by atoms with van der Waals surface area (Å²) in [7, 11) is 0. The zero-order valence-electron chi connectivity index (χ0n) is 11.4. The molecule has 2 aromatic rings. The Morgan fingerprint density at radius 1 is 1.19 bits per heavy atom. The third-order valence-corrected chi connectivity index (χ3v) is 3.56. The summed E-state index contributed by atoms with van der Waals surface area (Å²) in [5.74, 6) is -0.508. The van der Waals surface area contributed by atoms with Crippen LogP contribution in [0.4, 0.5) is 20.6 Å². The average Bonchev–Trinajstić information content (AvgIpc) is 2.43. The standard InChI is InChI=1S/C15H15BrFN3O/c1-9(18)10-5-7-11(8-6-10)19-15(21)20-14-12(16)3-2-4-13(14)17/h2-9H,18H2,1H3,(H2,19,20,21). The Morgan fingerprint density at radius 3 is 2.43 bits per heavy atom. The highest BCUT2D eigenvalue weighted by Crippen LogP contribution is 2.25. The monoisotopic (exact) mass is 351 g/mol. The number of hydrogen-bond donors (Lipinski definition) is 3. The van der Waals surface area contributed by atoms with E-state index in [1.165, 1.54) is 6.07 Å². The van der Waals surface area contributed by atoms with Gasteiger partial charge in [0.2, 0.25) is 0 Å². The fourth-order valence-electron chi connectivity index (χ4n) is 1.76. The summed E-state index contributed by atoms with van der Waals surface area (Å²) in [6.07, 6.45) is 0. The molecule has 2 aromatic carbocycles. The fraction of sp³-hybridized carbons (Fsp3) is 0.133. The van der Waals surface area contributed by atoms with Crippen molar-refractivity contribution in [2.75, 3.05) is 10.6 Å². The van der Waals surface area contributed by atoms with Gasteiger partial charge >= 0.3 is 6.03 Å². The number of rotatable bonds is 3. The van der Waals surface area contributed by atoms with Crippen LogP contribution in [-0.2, 0) is 0 Å². The van der Waals surface area contributed by atoms with Crippen LogP contribution in [0, 0.1) is 5.82 Å². The molecule has 0 radical (unpaired) electrons. The minimum atomic E-state index is -0.519. The normalized spacial score (nSPS) is 11.8. The maximum Gasteiger partial charge on any atom is 0.323 e. The zero-order chi connectivity index (χ0) is 15.4. The second-order valence-corrected chi connectivity index (χ2v) is 5.44. The van der Waals surface area contributed by atoms with Gasteiger partial charge in [0.25, 0.3) is 0 Å². The number of benzene rings is 2. The lowest BCUT2D eigenvalue weighted by Crippen LogP contribution is -2.20. The van der Waals surface area contributed by atoms with Crippen molar-refractivity contribution in [3.8, 4) is 0 Å². The Hall–Kier alpha value is -1.92. The van der Waals surface area contributed by atoms with Crippen LogP contribution in [0.5, 0.6) is 0 Å². The average molecular weight is 352 g/mol. The first-order chi connectivity index (χ1) is 9.97. The molecule has 0 fully saturated rings. The number of nitrogens with two attached hydrogens (primary N) is 1. The maximum absolute atomic E-state index is 13.6. The second-order valence-electron chi connectivity index (χ2n) is 4.59. The first-order valence-electron chi connectivity index (χ1n) is 6.35. The fourth-order valence-corrected chi connectivity index (χ4v) is 2.20. The van der Waals surface area contributed by atoms with E-state index in [1.807, 2.05) is 19.1 Å². The molecule has 0 heterocycles. The zero-order valence-corrected chi connectivity index (χ0v) is 12.9. The number of carbonyl (C=O) groups excluding carboxylic acids is 1. The number of halogens is 2. The molecule has 0 spiro atoms. The summed E-state index contributed by atoms with van der Waals surface area (Å²) in [5.41, 5.74) is 7.42. The van der Waals surface area contributed by atoms with Gasteiger partial charge in [-0.15, -0.1) is 0 Å². The van der Waals surface area contributed by atoms with Crippen molar-refractivity contribution < 1.29 is 9.18 Å². The third kappa shape index (κ3) is 4.03. The van der Waals surface area contributed by atoms with E-state index >= 15 is 0 Å². The molecule has 1 unspecified atom stereocenters. The lowest BCUT2D eigenvalue weighted by molar-refractivity contribution is 0.262. The van der Waals surface area contributed by atoms with Crippen LogP contribution in [-0.4, -0.2) is 6.03 Å². The largest absolute Gasteiger partial charge is 0.324 e. The van der Waals surface area contributed by atoms with Crippen molar-refractivity contribution >= 4 is 33.3 Å². The Labute approximate surface area is 130 Å². The Bertz CT molecular complexity index is 624. The molecule has 0 saturated carbocycles. The van der Waals surface area contributed by atoms with E-state index < -0.39 is 11.8 Å². The number of para-hydroxylation sites is 1. The molecule has 21 heavy (non-hydrogen) atoms. The first kappa shape index (κ1) is 15.5. The quantitative estimate of drug-likeness (QED) is 0.773. The molecule has 2 rings (SSSR count). The van der Waals surface area contributed by atoms with E-state index in [4.69, 9.17) is 5.73 Å². The van der Waals surface area contributed by atoms with Crippen LogP contribution in [0.2, 0.25) is 0 Å². The molecule has 0 aliphatic carbocycles. The Morgan fingerprint density at radius 2 is 1.86 bits per heavy atom. The number of nitrogens with one attached hydrogen (secondary N) is 2. The van der Waals surface area contributed by atoms with Gasteiger partial charge in [-0.2, -0.15) is 0 Å². The van der Waals surface area contributed by atoms with Gasteiger partial charge in [-0.25, -0.2) is 9.18 Å². The van der Waals surface area contributed by atoms with Gasteiger partial charge < -0.3 is 16.4 Å². The molecular formula is C15H15BrFN3O. The van der Waals surface area contributed by atoms with Gasteiger partial charge in [0.15, 0.2) is 0 Å². The van der Waals surface area contributed by atoms with E-state index in [2.05, 4.69) is 26.6 Å². The smallest absolute Gasteiger partial charge is 0.323 e. The molecule has 1 atom stereocenters. The van der Waals surface area contributed by atoms with E-state index in [0.717, 1.165) is 5.56 Å². The molecule has 0 aromatic heterocycles. The summed E-state index contributed by atoms with van der Waals surface area (Å²) in [5, 5.41) is 5.10. The summed E-state index contributed by atoms with van der Waals surface area (Å²) >= 11 is 3.19. The Kier molecular flexibility index (Phi) is 4.93. The van der Waals surface area contributed by atoms with Gasteiger partial charge in [-0.05, 0) is 52.7 Å². The van der Waals surface area contributed by atoms with E-state index in [-0.39, 0.29) is 11.7 Å². The van der Waals surface area contributed by atoms with Gasteiger partial charge in [0.1, 0.15) is 5.82 Å². The number of amides is 2. The number of anilines is 2. The summed E-state index contributed by atoms with van der Waals surface area (Å²) in [4.78, 5) is 11.9. The minimum absolute atomic E-state index is 0.0674. The third-order valence-electron chi connectivity index (χ3n) is 2.90. The number of urea groups is 1. The van der Waals surface area contributed by atoms with Crippen molar-refractivity contribution in [2.45, 2.75) is 13.0 Å². The van der Waals surface area contributed by atoms with Crippen LogP contribution in [0.25, 0.3) is 0 Å². The van der Waals surface area contributed by atoms with Gasteiger partial charge in [-0.3, -0.25) is 0 Å². The van der Waals surface area contributed by atoms with E-state index in [9.17, 15) is 9.18 Å². The van der Waals surface area contributed by atoms with Crippen LogP contribution < -0.4 is 16.4 Å². The highest BCUT2D eigenvalue weighted by atomic mass is 79.9. The van der Waals surface area contributed by atoms with Crippen molar-refractivity contribution in [2.24, 2.45) is 5.73 Å². The molecule has 4 nitrogen and oxygen atoms in total. The molecule has 0 saturated heterocycles. The highest BCUT2D eigenvalue weighted by molar-refractivity contribution is 9.10. The molecular weight excluding hydrogens is 337 g/mol. The predicted molar refractivity (Wildman–Crippen MR) is 85.8 cm³/mol. The molecule has 110 valence electrons. The molecule has 2 amide bonds. The highest BCUT2D eigenvalue weighted by Gasteiger charge is 2.10. The number of carbonyl (C=O) groups is 1. The summed E-state index contributed by atoms with van der Waals surface area (Å²) < 4.78 is 14.1. The van der Waals surface area contributed by atoms with Gasteiger partial charge in [0.05, 0.1) is 5.69 Å². The topological polar surface area (TPSA) is 67.1 Å². The van der Waals surface area contributed by atoms with E-state index in [1.54, 1.807) is 24.3 Å².